The first-order valence-corrected chi connectivity index (χ1v) is 10.1. The highest BCUT2D eigenvalue weighted by atomic mass is 32.1. The number of rotatable bonds is 5. The highest BCUT2D eigenvalue weighted by Gasteiger charge is 2.17. The van der Waals surface area contributed by atoms with Crippen LogP contribution in [0.2, 0.25) is 0 Å². The molecule has 0 radical (unpaired) electrons. The van der Waals surface area contributed by atoms with Gasteiger partial charge in [0.1, 0.15) is 28.2 Å². The lowest BCUT2D eigenvalue weighted by atomic mass is 10.2. The molecule has 5 nitrogen and oxygen atoms in total. The molecule has 0 aliphatic carbocycles. The molecule has 0 saturated carbocycles. The maximum absolute atomic E-state index is 14.0. The summed E-state index contributed by atoms with van der Waals surface area (Å²) in [5.41, 5.74) is 2.11. The van der Waals surface area contributed by atoms with Gasteiger partial charge in [0.05, 0.1) is 12.7 Å². The molecular formula is C19H14F2N4OS2. The molecule has 0 atom stereocenters. The lowest BCUT2D eigenvalue weighted by Gasteiger charge is -2.10. The zero-order chi connectivity index (χ0) is 19.7. The van der Waals surface area contributed by atoms with Crippen LogP contribution < -0.4 is 5.32 Å². The van der Waals surface area contributed by atoms with Gasteiger partial charge in [0.25, 0.3) is 5.91 Å². The first-order chi connectivity index (χ1) is 13.5. The maximum atomic E-state index is 14.0. The van der Waals surface area contributed by atoms with E-state index >= 15 is 0 Å². The molecule has 1 N–H and O–H groups in total. The molecule has 0 aliphatic rings. The van der Waals surface area contributed by atoms with Crippen LogP contribution in [0.5, 0.6) is 0 Å². The van der Waals surface area contributed by atoms with E-state index in [2.05, 4.69) is 15.4 Å². The van der Waals surface area contributed by atoms with E-state index in [-0.39, 0.29) is 23.7 Å². The van der Waals surface area contributed by atoms with Crippen molar-refractivity contribution < 1.29 is 13.6 Å². The van der Waals surface area contributed by atoms with E-state index in [9.17, 15) is 13.6 Å². The number of hydrogen-bond acceptors (Lipinski definition) is 5. The Hall–Kier alpha value is -2.91. The number of thiophene rings is 1. The first-order valence-electron chi connectivity index (χ1n) is 8.27. The van der Waals surface area contributed by atoms with Crippen molar-refractivity contribution in [2.45, 2.75) is 13.5 Å². The normalized spacial score (nSPS) is 11.0. The zero-order valence-electron chi connectivity index (χ0n) is 14.6. The number of halogens is 2. The smallest absolute Gasteiger partial charge is 0.276 e. The number of nitrogens with zero attached hydrogens (tertiary/aromatic N) is 3. The molecule has 0 unspecified atom stereocenters. The number of amides is 1. The molecule has 0 fully saturated rings. The molecule has 0 spiro atoms. The third kappa shape index (κ3) is 3.71. The summed E-state index contributed by atoms with van der Waals surface area (Å²) in [6.07, 6.45) is 1.56. The average molecular weight is 416 g/mol. The van der Waals surface area contributed by atoms with Crippen molar-refractivity contribution >= 4 is 34.4 Å². The van der Waals surface area contributed by atoms with Crippen LogP contribution in [0.3, 0.4) is 0 Å². The van der Waals surface area contributed by atoms with Crippen LogP contribution in [0, 0.1) is 18.6 Å². The van der Waals surface area contributed by atoms with Gasteiger partial charge in [0.15, 0.2) is 0 Å². The summed E-state index contributed by atoms with van der Waals surface area (Å²) in [5.74, 6) is -1.04. The van der Waals surface area contributed by atoms with Crippen molar-refractivity contribution in [1.82, 2.24) is 14.8 Å². The van der Waals surface area contributed by atoms with E-state index in [1.54, 1.807) is 29.8 Å². The quantitative estimate of drug-likeness (QED) is 0.500. The van der Waals surface area contributed by atoms with Crippen molar-refractivity contribution in [3.8, 4) is 10.6 Å². The minimum atomic E-state index is -0.535. The molecule has 1 amide bonds. The summed E-state index contributed by atoms with van der Waals surface area (Å²) >= 11 is 2.94. The average Bonchev–Trinajstić information content (AvgIpc) is 3.41. The van der Waals surface area contributed by atoms with Crippen molar-refractivity contribution in [3.63, 3.8) is 0 Å². The number of aryl methyl sites for hydroxylation is 1. The van der Waals surface area contributed by atoms with Crippen molar-refractivity contribution in [1.29, 1.82) is 0 Å². The maximum Gasteiger partial charge on any atom is 0.276 e. The van der Waals surface area contributed by atoms with E-state index in [0.29, 0.717) is 11.4 Å². The van der Waals surface area contributed by atoms with Crippen LogP contribution >= 0.6 is 22.7 Å². The van der Waals surface area contributed by atoms with Crippen LogP contribution in [0.4, 0.5) is 14.6 Å². The van der Waals surface area contributed by atoms with Gasteiger partial charge in [-0.25, -0.2) is 18.4 Å². The Morgan fingerprint density at radius 3 is 2.89 bits per heavy atom. The lowest BCUT2D eigenvalue weighted by molar-refractivity contribution is 0.102. The lowest BCUT2D eigenvalue weighted by Crippen LogP contribution is -2.17. The summed E-state index contributed by atoms with van der Waals surface area (Å²) in [5, 5.41) is 13.3. The topological polar surface area (TPSA) is 59.8 Å². The second-order valence-electron chi connectivity index (χ2n) is 6.07. The molecule has 28 heavy (non-hydrogen) atoms. The van der Waals surface area contributed by atoms with E-state index in [1.165, 1.54) is 16.0 Å². The molecular weight excluding hydrogens is 402 g/mol. The highest BCUT2D eigenvalue weighted by Crippen LogP contribution is 2.26. The summed E-state index contributed by atoms with van der Waals surface area (Å²) in [7, 11) is 0. The Morgan fingerprint density at radius 2 is 2.11 bits per heavy atom. The van der Waals surface area contributed by atoms with E-state index in [0.717, 1.165) is 28.8 Å². The fourth-order valence-electron chi connectivity index (χ4n) is 2.66. The molecule has 142 valence electrons. The molecule has 4 aromatic rings. The monoisotopic (exact) mass is 416 g/mol. The molecule has 9 heteroatoms. The molecule has 0 saturated heterocycles. The fourth-order valence-corrected chi connectivity index (χ4v) is 4.17. The first kappa shape index (κ1) is 18.5. The number of carbonyl (C=O) groups excluding carboxylic acids is 1. The van der Waals surface area contributed by atoms with Crippen molar-refractivity contribution in [3.05, 3.63) is 75.1 Å². The summed E-state index contributed by atoms with van der Waals surface area (Å²) in [4.78, 5) is 17.0. The molecule has 0 bridgehead atoms. The third-order valence-electron chi connectivity index (χ3n) is 4.09. The number of benzene rings is 1. The van der Waals surface area contributed by atoms with Gasteiger partial charge >= 0.3 is 0 Å². The van der Waals surface area contributed by atoms with E-state index in [4.69, 9.17) is 0 Å². The van der Waals surface area contributed by atoms with Gasteiger partial charge in [-0.05, 0) is 36.6 Å². The second-order valence-corrected chi connectivity index (χ2v) is 7.71. The van der Waals surface area contributed by atoms with Gasteiger partial charge in [-0.2, -0.15) is 16.4 Å². The largest absolute Gasteiger partial charge is 0.305 e. The fraction of sp³-hybridized carbons (Fsp3) is 0.105. The Kier molecular flexibility index (Phi) is 5.01. The Balaban J connectivity index is 1.56. The van der Waals surface area contributed by atoms with Crippen LogP contribution in [-0.2, 0) is 6.54 Å². The number of thiazole rings is 1. The van der Waals surface area contributed by atoms with Gasteiger partial charge in [-0.15, -0.1) is 11.3 Å². The predicted octanol–water partition coefficient (Wildman–Crippen LogP) is 4.96. The van der Waals surface area contributed by atoms with Crippen molar-refractivity contribution in [2.24, 2.45) is 0 Å². The summed E-state index contributed by atoms with van der Waals surface area (Å²) in [6.45, 7) is 1.77. The van der Waals surface area contributed by atoms with Crippen LogP contribution in [-0.4, -0.2) is 20.7 Å². The van der Waals surface area contributed by atoms with Gasteiger partial charge in [-0.1, -0.05) is 0 Å². The van der Waals surface area contributed by atoms with Crippen LogP contribution in [0.1, 0.15) is 21.6 Å². The third-order valence-corrected chi connectivity index (χ3v) is 5.66. The Bertz CT molecular complexity index is 1130. The van der Waals surface area contributed by atoms with Crippen LogP contribution in [0.25, 0.3) is 10.6 Å². The number of aromatic nitrogens is 3. The summed E-state index contributed by atoms with van der Waals surface area (Å²) in [6, 6.07) is 5.19. The SMILES string of the molecule is Cc1cnn(Cc2cc(F)ccc2F)c1NC(=O)c1csc(-c2ccsc2)n1. The Labute approximate surface area is 167 Å². The molecule has 0 aliphatic heterocycles. The second kappa shape index (κ2) is 7.61. The molecule has 3 heterocycles. The molecule has 1 aromatic carbocycles. The zero-order valence-corrected chi connectivity index (χ0v) is 16.3. The highest BCUT2D eigenvalue weighted by molar-refractivity contribution is 7.14. The van der Waals surface area contributed by atoms with Gasteiger partial charge in [-0.3, -0.25) is 4.79 Å². The van der Waals surface area contributed by atoms with E-state index < -0.39 is 11.6 Å². The van der Waals surface area contributed by atoms with Gasteiger partial charge < -0.3 is 5.32 Å². The van der Waals surface area contributed by atoms with E-state index in [1.807, 2.05) is 16.8 Å². The standard InChI is InChI=1S/C19H14F2N4OS2/c1-11-7-22-25(8-13-6-14(20)2-3-15(13)21)17(11)24-18(26)16-10-28-19(23-16)12-4-5-27-9-12/h2-7,9-10H,8H2,1H3,(H,24,26). The van der Waals surface area contributed by atoms with Gasteiger partial charge in [0, 0.05) is 27.5 Å². The number of hydrogen-bond donors (Lipinski definition) is 1. The summed E-state index contributed by atoms with van der Waals surface area (Å²) < 4.78 is 28.8. The number of carbonyl (C=O) groups is 1. The van der Waals surface area contributed by atoms with Crippen molar-refractivity contribution in [2.75, 3.05) is 5.32 Å². The number of nitrogens with one attached hydrogen (secondary N) is 1. The Morgan fingerprint density at radius 1 is 1.25 bits per heavy atom. The number of anilines is 1. The minimum Gasteiger partial charge on any atom is -0.305 e. The molecule has 4 rings (SSSR count). The minimum absolute atomic E-state index is 0.00966. The predicted molar refractivity (Wildman–Crippen MR) is 106 cm³/mol. The van der Waals surface area contributed by atoms with Gasteiger partial charge in [0.2, 0.25) is 0 Å². The van der Waals surface area contributed by atoms with Crippen LogP contribution in [0.15, 0.2) is 46.6 Å². The molecule has 3 aromatic heterocycles.